The third kappa shape index (κ3) is 3.53. The largest absolute Gasteiger partial charge is 0.480 e. The summed E-state index contributed by atoms with van der Waals surface area (Å²) in [5, 5.41) is 9.29. The third-order valence-electron chi connectivity index (χ3n) is 5.46. The molecule has 11 heteroatoms. The first-order valence-corrected chi connectivity index (χ1v) is 10.2. The van der Waals surface area contributed by atoms with Gasteiger partial charge in [-0.1, -0.05) is 12.1 Å². The van der Waals surface area contributed by atoms with Crippen LogP contribution in [0, 0.1) is 5.82 Å². The van der Waals surface area contributed by atoms with Gasteiger partial charge in [0.2, 0.25) is 5.88 Å². The van der Waals surface area contributed by atoms with Crippen molar-refractivity contribution in [3.63, 3.8) is 0 Å². The molecule has 0 aliphatic heterocycles. The summed E-state index contributed by atoms with van der Waals surface area (Å²) in [5.74, 6) is 0.446. The molecule has 166 valence electrons. The van der Waals surface area contributed by atoms with Crippen LogP contribution in [-0.2, 0) is 0 Å². The number of nitrogens with zero attached hydrogens (tertiary/aromatic N) is 8. The van der Waals surface area contributed by atoms with E-state index in [1.54, 1.807) is 30.1 Å². The molecule has 5 rings (SSSR count). The molecule has 0 amide bonds. The number of anilines is 1. The summed E-state index contributed by atoms with van der Waals surface area (Å²) >= 11 is 0. The Labute approximate surface area is 187 Å². The summed E-state index contributed by atoms with van der Waals surface area (Å²) in [7, 11) is 1.55. The van der Waals surface area contributed by atoms with Crippen LogP contribution in [0.25, 0.3) is 27.8 Å². The van der Waals surface area contributed by atoms with E-state index in [-0.39, 0.29) is 11.9 Å². The zero-order valence-corrected chi connectivity index (χ0v) is 17.9. The predicted octanol–water partition coefficient (Wildman–Crippen LogP) is 3.20. The van der Waals surface area contributed by atoms with Gasteiger partial charge < -0.3 is 15.0 Å². The van der Waals surface area contributed by atoms with Gasteiger partial charge in [0.1, 0.15) is 35.6 Å². The quantitative estimate of drug-likeness (QED) is 0.423. The number of fused-ring (bicyclic) bond motifs is 1. The fraction of sp³-hybridized carbons (Fsp3) is 0.182. The average Bonchev–Trinajstić information content (AvgIpc) is 3.47. The Hall–Kier alpha value is -4.41. The minimum atomic E-state index is -0.311. The van der Waals surface area contributed by atoms with Crippen LogP contribution in [0.2, 0.25) is 0 Å². The number of hydrogen-bond acceptors (Lipinski definition) is 8. The first-order valence-electron chi connectivity index (χ1n) is 10.2. The first kappa shape index (κ1) is 20.5. The van der Waals surface area contributed by atoms with Crippen molar-refractivity contribution in [1.82, 2.24) is 39.5 Å². The second kappa shape index (κ2) is 8.26. The summed E-state index contributed by atoms with van der Waals surface area (Å²) < 4.78 is 22.3. The van der Waals surface area contributed by atoms with E-state index in [4.69, 9.17) is 10.5 Å². The fourth-order valence-electron chi connectivity index (χ4n) is 3.91. The van der Waals surface area contributed by atoms with E-state index in [0.717, 1.165) is 11.3 Å². The number of rotatable bonds is 6. The number of aromatic nitrogens is 8. The number of benzene rings is 1. The minimum Gasteiger partial charge on any atom is -0.480 e. The molecule has 0 bridgehead atoms. The van der Waals surface area contributed by atoms with Gasteiger partial charge in [-0.05, 0) is 30.7 Å². The molecular weight excluding hydrogens is 425 g/mol. The average molecular weight is 445 g/mol. The van der Waals surface area contributed by atoms with Crippen molar-refractivity contribution in [2.45, 2.75) is 19.4 Å². The van der Waals surface area contributed by atoms with Crippen molar-refractivity contribution >= 4 is 16.9 Å². The van der Waals surface area contributed by atoms with Crippen LogP contribution < -0.4 is 10.5 Å². The van der Waals surface area contributed by atoms with Gasteiger partial charge in [0.05, 0.1) is 36.0 Å². The predicted molar refractivity (Wildman–Crippen MR) is 119 cm³/mol. The molecule has 0 saturated carbocycles. The molecular formula is C22H20FN9O. The van der Waals surface area contributed by atoms with Crippen LogP contribution in [0.15, 0.2) is 55.5 Å². The molecule has 4 heterocycles. The van der Waals surface area contributed by atoms with E-state index >= 15 is 0 Å². The number of nitrogen functional groups attached to an aromatic ring is 1. The molecule has 1 atom stereocenters. The van der Waals surface area contributed by atoms with E-state index in [2.05, 4.69) is 30.2 Å². The van der Waals surface area contributed by atoms with Crippen LogP contribution in [-0.4, -0.2) is 46.6 Å². The Morgan fingerprint density at radius 1 is 1.06 bits per heavy atom. The van der Waals surface area contributed by atoms with Crippen molar-refractivity contribution in [3.05, 3.63) is 67.0 Å². The topological polar surface area (TPSA) is 122 Å². The third-order valence-corrected chi connectivity index (χ3v) is 5.46. The molecule has 1 aromatic carbocycles. The lowest BCUT2D eigenvalue weighted by Gasteiger charge is -2.15. The minimum absolute atomic E-state index is 0.194. The van der Waals surface area contributed by atoms with Crippen molar-refractivity contribution in [2.24, 2.45) is 0 Å². The van der Waals surface area contributed by atoms with Crippen molar-refractivity contribution in [3.8, 4) is 22.7 Å². The van der Waals surface area contributed by atoms with E-state index in [0.29, 0.717) is 40.4 Å². The fourth-order valence-corrected chi connectivity index (χ4v) is 3.91. The highest BCUT2D eigenvalue weighted by molar-refractivity contribution is 6.01. The standard InChI is InChI=1S/C22H20FN9O/c1-3-18(17-10-32(30-29-17)14-6-4-13(23)5-7-14)31-9-16(15-8-25-11-28-22(15)33-2)19-20(24)26-12-27-21(19)31/h4-12,18H,3H2,1-2H3,(H2,24,26,27). The van der Waals surface area contributed by atoms with Crippen LogP contribution in [0.5, 0.6) is 5.88 Å². The van der Waals surface area contributed by atoms with Crippen LogP contribution >= 0.6 is 0 Å². The molecule has 2 N–H and O–H groups in total. The molecule has 0 aliphatic carbocycles. The maximum Gasteiger partial charge on any atom is 0.224 e. The highest BCUT2D eigenvalue weighted by Crippen LogP contribution is 2.38. The molecule has 10 nitrogen and oxygen atoms in total. The SMILES string of the molecule is CCC(c1cn(-c2ccc(F)cc2)nn1)n1cc(-c2cncnc2OC)c2c(N)ncnc21. The van der Waals surface area contributed by atoms with Crippen LogP contribution in [0.3, 0.4) is 0 Å². The van der Waals surface area contributed by atoms with Crippen LogP contribution in [0.4, 0.5) is 10.2 Å². The number of hydrogen-bond donors (Lipinski definition) is 1. The molecule has 0 spiro atoms. The van der Waals surface area contributed by atoms with Gasteiger partial charge in [-0.15, -0.1) is 5.10 Å². The molecule has 5 aromatic rings. The zero-order valence-electron chi connectivity index (χ0n) is 17.9. The first-order chi connectivity index (χ1) is 16.1. The number of halogens is 1. The number of methoxy groups -OCH3 is 1. The normalized spacial score (nSPS) is 12.2. The lowest BCUT2D eigenvalue weighted by molar-refractivity contribution is 0.398. The van der Waals surface area contributed by atoms with Gasteiger partial charge in [0, 0.05) is 18.0 Å². The molecule has 0 radical (unpaired) electrons. The Morgan fingerprint density at radius 3 is 2.64 bits per heavy atom. The Balaban J connectivity index is 1.65. The van der Waals surface area contributed by atoms with Crippen LogP contribution in [0.1, 0.15) is 25.1 Å². The number of nitrogens with two attached hydrogens (primary N) is 1. The highest BCUT2D eigenvalue weighted by atomic mass is 19.1. The van der Waals surface area contributed by atoms with Crippen molar-refractivity contribution in [2.75, 3.05) is 12.8 Å². The summed E-state index contributed by atoms with van der Waals surface area (Å²) in [6, 6.07) is 5.87. The van der Waals surface area contributed by atoms with E-state index in [9.17, 15) is 4.39 Å². The lowest BCUT2D eigenvalue weighted by atomic mass is 10.1. The molecule has 4 aromatic heterocycles. The second-order valence-corrected chi connectivity index (χ2v) is 7.34. The monoisotopic (exact) mass is 445 g/mol. The van der Waals surface area contributed by atoms with Crippen molar-refractivity contribution in [1.29, 1.82) is 0 Å². The smallest absolute Gasteiger partial charge is 0.224 e. The van der Waals surface area contributed by atoms with Gasteiger partial charge in [0.25, 0.3) is 0 Å². The molecule has 1 unspecified atom stereocenters. The van der Waals surface area contributed by atoms with Gasteiger partial charge >= 0.3 is 0 Å². The zero-order chi connectivity index (χ0) is 22.9. The van der Waals surface area contributed by atoms with Gasteiger partial charge in [0.15, 0.2) is 0 Å². The van der Waals surface area contributed by atoms with E-state index in [1.807, 2.05) is 23.9 Å². The summed E-state index contributed by atoms with van der Waals surface area (Å²) in [5.41, 5.74) is 9.77. The summed E-state index contributed by atoms with van der Waals surface area (Å²) in [6.07, 6.45) is 8.98. The van der Waals surface area contributed by atoms with Crippen molar-refractivity contribution < 1.29 is 9.13 Å². The van der Waals surface area contributed by atoms with Gasteiger partial charge in [-0.2, -0.15) is 0 Å². The van der Waals surface area contributed by atoms with E-state index < -0.39 is 0 Å². The maximum atomic E-state index is 13.3. The number of ether oxygens (including phenoxy) is 1. The molecule has 0 aliphatic rings. The van der Waals surface area contributed by atoms with Gasteiger partial charge in [-0.25, -0.2) is 29.0 Å². The van der Waals surface area contributed by atoms with E-state index in [1.165, 1.54) is 24.8 Å². The lowest BCUT2D eigenvalue weighted by Crippen LogP contribution is -2.10. The molecule has 0 saturated heterocycles. The Bertz CT molecular complexity index is 1430. The van der Waals surface area contributed by atoms with Gasteiger partial charge in [-0.3, -0.25) is 0 Å². The highest BCUT2D eigenvalue weighted by Gasteiger charge is 2.24. The maximum absolute atomic E-state index is 13.3. The Morgan fingerprint density at radius 2 is 1.88 bits per heavy atom. The summed E-state index contributed by atoms with van der Waals surface area (Å²) in [6.45, 7) is 2.05. The molecule has 33 heavy (non-hydrogen) atoms. The molecule has 0 fully saturated rings. The second-order valence-electron chi connectivity index (χ2n) is 7.34. The Kier molecular flexibility index (Phi) is 5.13. The summed E-state index contributed by atoms with van der Waals surface area (Å²) in [4.78, 5) is 17.0.